The molecule has 1 N–H and O–H groups in total. The summed E-state index contributed by atoms with van der Waals surface area (Å²) in [4.78, 5) is 15.0. The second-order valence-corrected chi connectivity index (χ2v) is 7.94. The Labute approximate surface area is 159 Å². The van der Waals surface area contributed by atoms with Crippen molar-refractivity contribution in [2.24, 2.45) is 11.8 Å². The Bertz CT molecular complexity index is 807. The molecule has 1 aromatic heterocycles. The number of rotatable bonds is 5. The van der Waals surface area contributed by atoms with Crippen LogP contribution in [-0.2, 0) is 6.61 Å². The maximum atomic E-state index is 12.5. The number of benzene rings is 1. The molecule has 2 aromatic rings. The van der Waals surface area contributed by atoms with Crippen LogP contribution < -0.4 is 10.1 Å². The van der Waals surface area contributed by atoms with Gasteiger partial charge in [-0.25, -0.2) is 0 Å². The zero-order valence-corrected chi connectivity index (χ0v) is 16.0. The Balaban J connectivity index is 1.32. The van der Waals surface area contributed by atoms with E-state index >= 15 is 0 Å². The van der Waals surface area contributed by atoms with Crippen LogP contribution in [0, 0.1) is 11.8 Å². The van der Waals surface area contributed by atoms with E-state index in [0.29, 0.717) is 24.6 Å². The number of amides is 1. The number of piperidine rings is 1. The van der Waals surface area contributed by atoms with Gasteiger partial charge in [0.2, 0.25) is 0 Å². The smallest absolute Gasteiger partial charge is 0.273 e. The zero-order valence-electron chi connectivity index (χ0n) is 16.0. The highest BCUT2D eigenvalue weighted by Crippen LogP contribution is 2.38. The molecule has 27 heavy (non-hydrogen) atoms. The largest absolute Gasteiger partial charge is 0.488 e. The fraction of sp³-hybridized carbons (Fsp3) is 0.524. The lowest BCUT2D eigenvalue weighted by atomic mass is 9.92. The molecule has 0 aliphatic carbocycles. The first-order valence-electron chi connectivity index (χ1n) is 9.83. The Morgan fingerprint density at radius 1 is 1.26 bits per heavy atom. The van der Waals surface area contributed by atoms with Crippen molar-refractivity contribution in [1.29, 1.82) is 0 Å². The number of hydrogen-bond donors (Lipinski definition) is 1. The summed E-state index contributed by atoms with van der Waals surface area (Å²) in [6, 6.07) is 7.64. The summed E-state index contributed by atoms with van der Waals surface area (Å²) in [6.07, 6.45) is 2.25. The Morgan fingerprint density at radius 3 is 2.85 bits per heavy atom. The number of carbonyl (C=O) groups is 1. The lowest BCUT2D eigenvalue weighted by molar-refractivity contribution is 0.0936. The molecule has 2 atom stereocenters. The van der Waals surface area contributed by atoms with Gasteiger partial charge in [-0.2, -0.15) is 0 Å². The predicted octanol–water partition coefficient (Wildman–Crippen LogP) is 3.33. The lowest BCUT2D eigenvalue weighted by Gasteiger charge is -2.34. The summed E-state index contributed by atoms with van der Waals surface area (Å²) in [5.74, 6) is 2.72. The van der Waals surface area contributed by atoms with Gasteiger partial charge in [0.05, 0.1) is 11.1 Å². The van der Waals surface area contributed by atoms with Crippen molar-refractivity contribution >= 4 is 5.91 Å². The number of ether oxygens (including phenoxy) is 1. The second-order valence-electron chi connectivity index (χ2n) is 7.94. The van der Waals surface area contributed by atoms with Gasteiger partial charge >= 0.3 is 0 Å². The van der Waals surface area contributed by atoms with E-state index in [1.54, 1.807) is 0 Å². The summed E-state index contributed by atoms with van der Waals surface area (Å²) in [6.45, 7) is 8.91. The minimum Gasteiger partial charge on any atom is -0.488 e. The third-order valence-corrected chi connectivity index (χ3v) is 5.39. The van der Waals surface area contributed by atoms with Crippen LogP contribution in [0.1, 0.15) is 42.7 Å². The first kappa shape index (κ1) is 18.0. The fourth-order valence-electron chi connectivity index (χ4n) is 4.33. The molecule has 0 saturated carbocycles. The van der Waals surface area contributed by atoms with Crippen LogP contribution in [-0.4, -0.2) is 42.1 Å². The van der Waals surface area contributed by atoms with Crippen molar-refractivity contribution in [3.05, 3.63) is 35.5 Å². The van der Waals surface area contributed by atoms with Crippen LogP contribution in [0.15, 0.2) is 28.8 Å². The molecule has 3 heterocycles. The molecule has 0 bridgehead atoms. The molecule has 0 spiro atoms. The van der Waals surface area contributed by atoms with E-state index in [0.717, 1.165) is 54.8 Å². The number of nitrogens with zero attached hydrogens (tertiary/aromatic N) is 2. The number of hydrogen-bond acceptors (Lipinski definition) is 5. The van der Waals surface area contributed by atoms with E-state index < -0.39 is 0 Å². The van der Waals surface area contributed by atoms with Crippen LogP contribution in [0.5, 0.6) is 5.75 Å². The predicted molar refractivity (Wildman–Crippen MR) is 103 cm³/mol. The minimum atomic E-state index is -0.191. The average molecular weight is 369 g/mol. The van der Waals surface area contributed by atoms with E-state index in [4.69, 9.17) is 9.26 Å². The molecule has 0 unspecified atom stereocenters. The monoisotopic (exact) mass is 369 g/mol. The van der Waals surface area contributed by atoms with Gasteiger partial charge in [0.15, 0.2) is 11.5 Å². The quantitative estimate of drug-likeness (QED) is 0.819. The van der Waals surface area contributed by atoms with Crippen LogP contribution >= 0.6 is 0 Å². The number of carbonyl (C=O) groups excluding carboxylic acids is 1. The van der Waals surface area contributed by atoms with Crippen molar-refractivity contribution in [3.8, 4) is 17.1 Å². The molecule has 1 aromatic carbocycles. The molecule has 4 rings (SSSR count). The highest BCUT2D eigenvalue weighted by Gasteiger charge is 2.28. The third-order valence-electron chi connectivity index (χ3n) is 5.39. The second kappa shape index (κ2) is 7.72. The van der Waals surface area contributed by atoms with Gasteiger partial charge in [0, 0.05) is 19.6 Å². The molecule has 144 valence electrons. The van der Waals surface area contributed by atoms with Gasteiger partial charge in [-0.15, -0.1) is 0 Å². The maximum Gasteiger partial charge on any atom is 0.273 e. The van der Waals surface area contributed by atoms with Crippen molar-refractivity contribution in [2.75, 3.05) is 26.2 Å². The van der Waals surface area contributed by atoms with Crippen molar-refractivity contribution in [2.45, 2.75) is 33.3 Å². The molecule has 0 radical (unpaired) electrons. The van der Waals surface area contributed by atoms with E-state index in [9.17, 15) is 4.79 Å². The molecule has 2 aliphatic rings. The number of aromatic nitrogens is 1. The van der Waals surface area contributed by atoms with E-state index in [1.165, 1.54) is 6.42 Å². The van der Waals surface area contributed by atoms with E-state index in [1.807, 2.05) is 24.3 Å². The van der Waals surface area contributed by atoms with Gasteiger partial charge in [0.1, 0.15) is 12.4 Å². The van der Waals surface area contributed by atoms with Gasteiger partial charge in [-0.3, -0.25) is 4.79 Å². The SMILES string of the molecule is C[C@@H]1C[C@H](C)CN(CCCNC(=O)c2noc3c2COc2ccccc2-3)C1. The molecular weight excluding hydrogens is 342 g/mol. The van der Waals surface area contributed by atoms with Crippen LogP contribution in [0.4, 0.5) is 0 Å². The van der Waals surface area contributed by atoms with E-state index in [-0.39, 0.29) is 5.91 Å². The van der Waals surface area contributed by atoms with E-state index in [2.05, 4.69) is 29.2 Å². The summed E-state index contributed by atoms with van der Waals surface area (Å²) in [5.41, 5.74) is 1.91. The van der Waals surface area contributed by atoms with Gasteiger partial charge in [-0.1, -0.05) is 31.1 Å². The summed E-state index contributed by atoms with van der Waals surface area (Å²) in [5, 5.41) is 6.99. The number of para-hydroxylation sites is 1. The van der Waals surface area contributed by atoms with Gasteiger partial charge in [0.25, 0.3) is 5.91 Å². The van der Waals surface area contributed by atoms with Gasteiger partial charge in [-0.05, 0) is 43.4 Å². The number of likely N-dealkylation sites (tertiary alicyclic amines) is 1. The summed E-state index contributed by atoms with van der Waals surface area (Å²) in [7, 11) is 0. The molecule has 6 nitrogen and oxygen atoms in total. The molecule has 1 fully saturated rings. The van der Waals surface area contributed by atoms with Crippen LogP contribution in [0.25, 0.3) is 11.3 Å². The lowest BCUT2D eigenvalue weighted by Crippen LogP contribution is -2.40. The zero-order chi connectivity index (χ0) is 18.8. The number of nitrogens with one attached hydrogen (secondary N) is 1. The topological polar surface area (TPSA) is 67.6 Å². The van der Waals surface area contributed by atoms with Crippen LogP contribution in [0.2, 0.25) is 0 Å². The fourth-order valence-corrected chi connectivity index (χ4v) is 4.33. The first-order valence-corrected chi connectivity index (χ1v) is 9.83. The molecular formula is C21H27N3O3. The van der Waals surface area contributed by atoms with Crippen molar-refractivity contribution in [3.63, 3.8) is 0 Å². The van der Waals surface area contributed by atoms with Crippen molar-refractivity contribution in [1.82, 2.24) is 15.4 Å². The minimum absolute atomic E-state index is 0.191. The van der Waals surface area contributed by atoms with Crippen molar-refractivity contribution < 1.29 is 14.1 Å². The molecule has 6 heteroatoms. The summed E-state index contributed by atoms with van der Waals surface area (Å²) >= 11 is 0. The molecule has 1 saturated heterocycles. The Morgan fingerprint density at radius 2 is 2.04 bits per heavy atom. The Hall–Kier alpha value is -2.34. The third kappa shape index (κ3) is 3.86. The average Bonchev–Trinajstić information content (AvgIpc) is 3.09. The van der Waals surface area contributed by atoms with Crippen LogP contribution in [0.3, 0.4) is 0 Å². The first-order chi connectivity index (χ1) is 13.1. The standard InChI is InChI=1S/C21H27N3O3/c1-14-10-15(2)12-24(11-14)9-5-8-22-21(25)19-17-13-26-18-7-4-3-6-16(18)20(17)27-23-19/h3-4,6-7,14-15H,5,8-13H2,1-2H3,(H,22,25)/t14-,15+. The number of fused-ring (bicyclic) bond motifs is 3. The molecule has 1 amide bonds. The molecule has 2 aliphatic heterocycles. The highest BCUT2D eigenvalue weighted by atomic mass is 16.5. The Kier molecular flexibility index (Phi) is 5.16. The normalized spacial score (nSPS) is 21.9. The summed E-state index contributed by atoms with van der Waals surface area (Å²) < 4.78 is 11.2. The highest BCUT2D eigenvalue weighted by molar-refractivity contribution is 5.95. The maximum absolute atomic E-state index is 12.5. The van der Waals surface area contributed by atoms with Gasteiger partial charge < -0.3 is 19.5 Å².